The first-order valence-electron chi connectivity index (χ1n) is 6.47. The highest BCUT2D eigenvalue weighted by molar-refractivity contribution is 5.85. The van der Waals surface area contributed by atoms with E-state index in [4.69, 9.17) is 9.84 Å². The van der Waals surface area contributed by atoms with E-state index in [-0.39, 0.29) is 5.75 Å². The molecule has 2 aromatic rings. The molecule has 0 spiro atoms. The molecule has 0 atom stereocenters. The molecule has 0 aromatic heterocycles. The molecule has 0 bridgehead atoms. The van der Waals surface area contributed by atoms with E-state index < -0.39 is 5.97 Å². The van der Waals surface area contributed by atoms with Crippen molar-refractivity contribution < 1.29 is 19.7 Å². The highest BCUT2D eigenvalue weighted by atomic mass is 16.5. The predicted octanol–water partition coefficient (Wildman–Crippen LogP) is 3.38. The van der Waals surface area contributed by atoms with Crippen molar-refractivity contribution in [2.75, 3.05) is 0 Å². The zero-order valence-electron chi connectivity index (χ0n) is 11.6. The van der Waals surface area contributed by atoms with Crippen molar-refractivity contribution in [2.24, 2.45) is 0 Å². The van der Waals surface area contributed by atoms with E-state index in [2.05, 4.69) is 0 Å². The van der Waals surface area contributed by atoms with Crippen LogP contribution in [0.3, 0.4) is 0 Å². The second kappa shape index (κ2) is 6.61. The fraction of sp³-hybridized carbons (Fsp3) is 0.118. The van der Waals surface area contributed by atoms with Crippen LogP contribution in [0.1, 0.15) is 16.7 Å². The Morgan fingerprint density at radius 2 is 2.05 bits per heavy atom. The molecule has 0 saturated heterocycles. The van der Waals surface area contributed by atoms with Gasteiger partial charge in [-0.05, 0) is 42.8 Å². The van der Waals surface area contributed by atoms with Crippen LogP contribution in [0.5, 0.6) is 11.5 Å². The predicted molar refractivity (Wildman–Crippen MR) is 80.3 cm³/mol. The number of carboxylic acid groups (broad SMARTS) is 1. The number of phenols is 1. The minimum atomic E-state index is -1.00. The first-order valence-corrected chi connectivity index (χ1v) is 6.47. The Balaban J connectivity index is 2.17. The molecule has 0 aliphatic heterocycles. The van der Waals surface area contributed by atoms with E-state index in [1.807, 2.05) is 25.1 Å². The van der Waals surface area contributed by atoms with Crippen LogP contribution in [0.4, 0.5) is 0 Å². The van der Waals surface area contributed by atoms with Gasteiger partial charge in [0.2, 0.25) is 0 Å². The van der Waals surface area contributed by atoms with Crippen LogP contribution in [0.25, 0.3) is 6.08 Å². The molecule has 0 saturated carbocycles. The lowest BCUT2D eigenvalue weighted by molar-refractivity contribution is -0.131. The van der Waals surface area contributed by atoms with Gasteiger partial charge in [0.05, 0.1) is 0 Å². The number of ether oxygens (including phenoxy) is 1. The van der Waals surface area contributed by atoms with Crippen LogP contribution in [0, 0.1) is 6.92 Å². The summed E-state index contributed by atoms with van der Waals surface area (Å²) in [6.45, 7) is 2.22. The molecular formula is C17H16O4. The third-order valence-corrected chi connectivity index (χ3v) is 2.88. The molecule has 2 aromatic carbocycles. The molecule has 0 radical (unpaired) electrons. The van der Waals surface area contributed by atoms with Crippen LogP contribution >= 0.6 is 0 Å². The van der Waals surface area contributed by atoms with Gasteiger partial charge in [0.25, 0.3) is 0 Å². The summed E-state index contributed by atoms with van der Waals surface area (Å²) in [5.41, 5.74) is 2.56. The van der Waals surface area contributed by atoms with Crippen molar-refractivity contribution >= 4 is 12.0 Å². The minimum Gasteiger partial charge on any atom is -0.508 e. The summed E-state index contributed by atoms with van der Waals surface area (Å²) in [6.07, 6.45) is 2.59. The number of aliphatic carboxylic acids is 1. The summed E-state index contributed by atoms with van der Waals surface area (Å²) in [5.74, 6) is -0.220. The smallest absolute Gasteiger partial charge is 0.328 e. The second-order valence-electron chi connectivity index (χ2n) is 4.67. The number of phenolic OH excluding ortho intramolecular Hbond substituents is 1. The Morgan fingerprint density at radius 1 is 1.24 bits per heavy atom. The molecule has 21 heavy (non-hydrogen) atoms. The molecule has 0 fully saturated rings. The third kappa shape index (κ3) is 4.38. The van der Waals surface area contributed by atoms with Gasteiger partial charge in [-0.1, -0.05) is 23.8 Å². The van der Waals surface area contributed by atoms with Crippen molar-refractivity contribution in [3.8, 4) is 11.5 Å². The van der Waals surface area contributed by atoms with Gasteiger partial charge >= 0.3 is 5.97 Å². The molecule has 0 unspecified atom stereocenters. The van der Waals surface area contributed by atoms with Crippen LogP contribution in [0.2, 0.25) is 0 Å². The molecule has 2 N–H and O–H groups in total. The second-order valence-corrected chi connectivity index (χ2v) is 4.67. The van der Waals surface area contributed by atoms with E-state index in [0.717, 1.165) is 17.2 Å². The van der Waals surface area contributed by atoms with Crippen LogP contribution in [-0.2, 0) is 11.4 Å². The molecule has 2 rings (SSSR count). The average molecular weight is 284 g/mol. The number of aryl methyl sites for hydroxylation is 1. The van der Waals surface area contributed by atoms with Crippen molar-refractivity contribution in [3.63, 3.8) is 0 Å². The molecule has 0 heterocycles. The summed E-state index contributed by atoms with van der Waals surface area (Å²) in [5, 5.41) is 18.1. The Bertz CT molecular complexity index is 674. The van der Waals surface area contributed by atoms with Crippen LogP contribution in [-0.4, -0.2) is 16.2 Å². The summed E-state index contributed by atoms with van der Waals surface area (Å²) < 4.78 is 5.71. The maximum absolute atomic E-state index is 10.6. The van der Waals surface area contributed by atoms with E-state index in [1.165, 1.54) is 6.08 Å². The number of carbonyl (C=O) groups is 1. The van der Waals surface area contributed by atoms with Gasteiger partial charge in [-0.15, -0.1) is 0 Å². The van der Waals surface area contributed by atoms with Crippen molar-refractivity contribution in [1.82, 2.24) is 0 Å². The fourth-order valence-electron chi connectivity index (χ4n) is 1.90. The van der Waals surface area contributed by atoms with E-state index in [1.54, 1.807) is 24.3 Å². The lowest BCUT2D eigenvalue weighted by Crippen LogP contribution is -1.97. The van der Waals surface area contributed by atoms with Crippen molar-refractivity contribution in [1.29, 1.82) is 0 Å². The highest BCUT2D eigenvalue weighted by Gasteiger charge is 2.03. The summed E-state index contributed by atoms with van der Waals surface area (Å²) >= 11 is 0. The van der Waals surface area contributed by atoms with E-state index in [9.17, 15) is 9.90 Å². The maximum Gasteiger partial charge on any atom is 0.328 e. The molecule has 4 nitrogen and oxygen atoms in total. The lowest BCUT2D eigenvalue weighted by atomic mass is 10.1. The number of hydrogen-bond donors (Lipinski definition) is 2. The largest absolute Gasteiger partial charge is 0.508 e. The number of benzene rings is 2. The fourth-order valence-corrected chi connectivity index (χ4v) is 1.90. The Morgan fingerprint density at radius 3 is 2.76 bits per heavy atom. The number of carboxylic acids is 1. The van der Waals surface area contributed by atoms with E-state index in [0.29, 0.717) is 17.9 Å². The molecule has 0 aliphatic carbocycles. The van der Waals surface area contributed by atoms with Crippen molar-refractivity contribution in [2.45, 2.75) is 13.5 Å². The highest BCUT2D eigenvalue weighted by Crippen LogP contribution is 2.23. The number of hydrogen-bond acceptors (Lipinski definition) is 3. The van der Waals surface area contributed by atoms with Gasteiger partial charge in [0.1, 0.15) is 18.1 Å². The van der Waals surface area contributed by atoms with Crippen LogP contribution < -0.4 is 4.74 Å². The first-order chi connectivity index (χ1) is 10.0. The first kappa shape index (κ1) is 14.7. The van der Waals surface area contributed by atoms with Gasteiger partial charge < -0.3 is 14.9 Å². The Hall–Kier alpha value is -2.75. The molecule has 0 aliphatic rings. The van der Waals surface area contributed by atoms with Gasteiger partial charge in [0.15, 0.2) is 0 Å². The number of aromatic hydroxyl groups is 1. The Kier molecular flexibility index (Phi) is 4.61. The summed E-state index contributed by atoms with van der Waals surface area (Å²) in [6, 6.07) is 12.4. The van der Waals surface area contributed by atoms with Gasteiger partial charge in [-0.2, -0.15) is 0 Å². The summed E-state index contributed by atoms with van der Waals surface area (Å²) in [7, 11) is 0. The molecule has 4 heteroatoms. The molecule has 0 amide bonds. The maximum atomic E-state index is 10.6. The monoisotopic (exact) mass is 284 g/mol. The minimum absolute atomic E-state index is 0.186. The topological polar surface area (TPSA) is 66.8 Å². The van der Waals surface area contributed by atoms with Gasteiger partial charge in [-0.3, -0.25) is 0 Å². The third-order valence-electron chi connectivity index (χ3n) is 2.88. The average Bonchev–Trinajstić information content (AvgIpc) is 2.44. The SMILES string of the molecule is Cc1ccc(OCc2cccc(O)c2)c(/C=C/C(=O)O)c1. The lowest BCUT2D eigenvalue weighted by Gasteiger charge is -2.10. The van der Waals surface area contributed by atoms with Gasteiger partial charge in [0, 0.05) is 11.6 Å². The zero-order valence-corrected chi connectivity index (χ0v) is 11.6. The van der Waals surface area contributed by atoms with E-state index >= 15 is 0 Å². The summed E-state index contributed by atoms with van der Waals surface area (Å²) in [4.78, 5) is 10.6. The van der Waals surface area contributed by atoms with Gasteiger partial charge in [-0.25, -0.2) is 4.79 Å². The Labute approximate surface area is 122 Å². The molecular weight excluding hydrogens is 268 g/mol. The number of rotatable bonds is 5. The standard InChI is InChI=1S/C17H16O4/c1-12-5-7-16(14(9-12)6-8-17(19)20)21-11-13-3-2-4-15(18)10-13/h2-10,18H,11H2,1H3,(H,19,20)/b8-6+. The van der Waals surface area contributed by atoms with Crippen LogP contribution in [0.15, 0.2) is 48.5 Å². The molecule has 108 valence electrons. The van der Waals surface area contributed by atoms with Crippen molar-refractivity contribution in [3.05, 3.63) is 65.2 Å². The normalized spacial score (nSPS) is 10.7. The quantitative estimate of drug-likeness (QED) is 0.826. The zero-order chi connectivity index (χ0) is 15.2.